The van der Waals surface area contributed by atoms with Gasteiger partial charge in [-0.2, -0.15) is 0 Å². The zero-order valence-electron chi connectivity index (χ0n) is 17.2. The molecular formula is C24H30N2O2. The third kappa shape index (κ3) is 4.11. The van der Waals surface area contributed by atoms with Gasteiger partial charge in [-0.1, -0.05) is 74.5 Å². The molecule has 3 rings (SSSR count). The van der Waals surface area contributed by atoms with Gasteiger partial charge in [0.25, 0.3) is 0 Å². The largest absolute Gasteiger partial charge is 0.323 e. The fourth-order valence-electron chi connectivity index (χ4n) is 4.19. The topological polar surface area (TPSA) is 40.6 Å². The van der Waals surface area contributed by atoms with Crippen molar-refractivity contribution in [3.8, 4) is 0 Å². The van der Waals surface area contributed by atoms with E-state index < -0.39 is 0 Å². The number of rotatable bonds is 7. The predicted molar refractivity (Wildman–Crippen MR) is 112 cm³/mol. The summed E-state index contributed by atoms with van der Waals surface area (Å²) in [6, 6.07) is 19.4. The molecule has 2 amide bonds. The fourth-order valence-corrected chi connectivity index (χ4v) is 4.19. The van der Waals surface area contributed by atoms with Crippen LogP contribution in [0.25, 0.3) is 0 Å². The number of carbonyl (C=O) groups excluding carboxylic acids is 2. The number of likely N-dealkylation sites (N-methyl/N-ethyl adjacent to an activating group) is 1. The van der Waals surface area contributed by atoms with Crippen LogP contribution in [0.1, 0.15) is 55.6 Å². The highest BCUT2D eigenvalue weighted by atomic mass is 16.2. The van der Waals surface area contributed by atoms with Gasteiger partial charge in [0.2, 0.25) is 0 Å². The minimum atomic E-state index is -0.127. The average Bonchev–Trinajstić information content (AvgIpc) is 2.92. The summed E-state index contributed by atoms with van der Waals surface area (Å²) in [5.41, 5.74) is 1.83. The van der Waals surface area contributed by atoms with Crippen LogP contribution in [-0.4, -0.2) is 40.7 Å². The lowest BCUT2D eigenvalue weighted by Gasteiger charge is -2.34. The lowest BCUT2D eigenvalue weighted by molar-refractivity contribution is 0.0909. The number of amides is 2. The Kier molecular flexibility index (Phi) is 6.18. The van der Waals surface area contributed by atoms with Gasteiger partial charge in [-0.05, 0) is 24.8 Å². The van der Waals surface area contributed by atoms with E-state index >= 15 is 0 Å². The van der Waals surface area contributed by atoms with Gasteiger partial charge in [0.05, 0.1) is 12.1 Å². The summed E-state index contributed by atoms with van der Waals surface area (Å²) in [4.78, 5) is 29.9. The van der Waals surface area contributed by atoms with Crippen LogP contribution in [0.5, 0.6) is 0 Å². The Morgan fingerprint density at radius 3 is 2.14 bits per heavy atom. The van der Waals surface area contributed by atoms with Crippen molar-refractivity contribution in [1.29, 1.82) is 0 Å². The number of carbonyl (C=O) groups is 2. The van der Waals surface area contributed by atoms with Crippen LogP contribution in [0.3, 0.4) is 0 Å². The maximum atomic E-state index is 13.2. The number of benzene rings is 2. The molecule has 1 aliphatic rings. The molecule has 0 aromatic heterocycles. The molecule has 28 heavy (non-hydrogen) atoms. The fraction of sp³-hybridized carbons (Fsp3) is 0.417. The van der Waals surface area contributed by atoms with Gasteiger partial charge in [-0.3, -0.25) is 4.79 Å². The van der Waals surface area contributed by atoms with Gasteiger partial charge in [-0.15, -0.1) is 0 Å². The molecule has 0 unspecified atom stereocenters. The summed E-state index contributed by atoms with van der Waals surface area (Å²) >= 11 is 0. The van der Waals surface area contributed by atoms with Crippen molar-refractivity contribution in [2.45, 2.75) is 51.7 Å². The number of Topliss-reactive ketones (excluding diaryl/α,β-unsaturated/α-hetero) is 1. The highest BCUT2D eigenvalue weighted by Gasteiger charge is 2.45. The van der Waals surface area contributed by atoms with E-state index in [9.17, 15) is 9.59 Å². The summed E-state index contributed by atoms with van der Waals surface area (Å²) in [6.45, 7) is 6.37. The minimum absolute atomic E-state index is 0.00728. The van der Waals surface area contributed by atoms with Crippen molar-refractivity contribution in [2.75, 3.05) is 7.05 Å². The number of nitrogens with zero attached hydrogens (tertiary/aromatic N) is 2. The first-order chi connectivity index (χ1) is 13.4. The molecule has 1 heterocycles. The number of hydrogen-bond donors (Lipinski definition) is 0. The predicted octanol–water partition coefficient (Wildman–Crippen LogP) is 5.17. The molecule has 4 heteroatoms. The summed E-state index contributed by atoms with van der Waals surface area (Å²) in [6.07, 6.45) is 1.14. The second-order valence-corrected chi connectivity index (χ2v) is 8.17. The summed E-state index contributed by atoms with van der Waals surface area (Å²) in [7, 11) is 1.86. The van der Waals surface area contributed by atoms with Crippen LogP contribution in [-0.2, 0) is 0 Å². The molecule has 0 N–H and O–H groups in total. The lowest BCUT2D eigenvalue weighted by atomic mass is 9.92. The SMILES string of the molecule is CC(C)C[C@H](CC(=O)c1ccccc1)N1C(=O)N(C)[C@@H](C)[C@H]1c1ccccc1. The van der Waals surface area contributed by atoms with Gasteiger partial charge in [0.15, 0.2) is 5.78 Å². The summed E-state index contributed by atoms with van der Waals surface area (Å²) < 4.78 is 0. The Bertz CT molecular complexity index is 804. The molecule has 0 saturated carbocycles. The second kappa shape index (κ2) is 8.59. The van der Waals surface area contributed by atoms with E-state index in [-0.39, 0.29) is 29.9 Å². The lowest BCUT2D eigenvalue weighted by Crippen LogP contribution is -2.41. The average molecular weight is 379 g/mol. The molecule has 1 fully saturated rings. The van der Waals surface area contributed by atoms with Crippen molar-refractivity contribution < 1.29 is 9.59 Å². The van der Waals surface area contributed by atoms with E-state index in [4.69, 9.17) is 0 Å². The van der Waals surface area contributed by atoms with Crippen molar-refractivity contribution in [3.63, 3.8) is 0 Å². The quantitative estimate of drug-likeness (QED) is 0.624. The normalized spacial score (nSPS) is 20.7. The van der Waals surface area contributed by atoms with E-state index in [0.29, 0.717) is 17.9 Å². The molecule has 0 spiro atoms. The van der Waals surface area contributed by atoms with Gasteiger partial charge < -0.3 is 9.80 Å². The minimum Gasteiger partial charge on any atom is -0.323 e. The van der Waals surface area contributed by atoms with Crippen LogP contribution in [0.15, 0.2) is 60.7 Å². The molecule has 0 bridgehead atoms. The van der Waals surface area contributed by atoms with E-state index in [1.165, 1.54) is 0 Å². The monoisotopic (exact) mass is 378 g/mol. The number of urea groups is 1. The number of ketones is 1. The van der Waals surface area contributed by atoms with Gasteiger partial charge in [-0.25, -0.2) is 4.79 Å². The Balaban J connectivity index is 1.94. The first-order valence-corrected chi connectivity index (χ1v) is 10.1. The van der Waals surface area contributed by atoms with Crippen LogP contribution in [0.4, 0.5) is 4.79 Å². The second-order valence-electron chi connectivity index (χ2n) is 8.17. The van der Waals surface area contributed by atoms with Gasteiger partial charge in [0.1, 0.15) is 0 Å². The van der Waals surface area contributed by atoms with Gasteiger partial charge in [0, 0.05) is 25.1 Å². The summed E-state index contributed by atoms with van der Waals surface area (Å²) in [5.74, 6) is 0.479. The zero-order valence-corrected chi connectivity index (χ0v) is 17.2. The van der Waals surface area contributed by atoms with E-state index in [1.807, 2.05) is 60.5 Å². The maximum Gasteiger partial charge on any atom is 0.320 e. The van der Waals surface area contributed by atoms with Crippen LogP contribution < -0.4 is 0 Å². The molecule has 4 nitrogen and oxygen atoms in total. The molecular weight excluding hydrogens is 348 g/mol. The molecule has 1 aliphatic heterocycles. The first-order valence-electron chi connectivity index (χ1n) is 10.1. The van der Waals surface area contributed by atoms with Crippen LogP contribution in [0.2, 0.25) is 0 Å². The van der Waals surface area contributed by atoms with E-state index in [2.05, 4.69) is 32.9 Å². The van der Waals surface area contributed by atoms with Crippen LogP contribution in [0, 0.1) is 5.92 Å². The molecule has 148 valence electrons. The van der Waals surface area contributed by atoms with Crippen molar-refractivity contribution in [1.82, 2.24) is 9.80 Å². The third-order valence-corrected chi connectivity index (χ3v) is 5.68. The smallest absolute Gasteiger partial charge is 0.320 e. The Morgan fingerprint density at radius 1 is 1.00 bits per heavy atom. The van der Waals surface area contributed by atoms with Crippen molar-refractivity contribution >= 4 is 11.8 Å². The van der Waals surface area contributed by atoms with E-state index in [1.54, 1.807) is 4.90 Å². The van der Waals surface area contributed by atoms with E-state index in [0.717, 1.165) is 12.0 Å². The molecule has 1 saturated heterocycles. The maximum absolute atomic E-state index is 13.2. The highest BCUT2D eigenvalue weighted by Crippen LogP contribution is 2.38. The summed E-state index contributed by atoms with van der Waals surface area (Å²) in [5, 5.41) is 0. The third-order valence-electron chi connectivity index (χ3n) is 5.68. The molecule has 0 aliphatic carbocycles. The Hall–Kier alpha value is -2.62. The Labute approximate surface area is 168 Å². The van der Waals surface area contributed by atoms with Crippen LogP contribution >= 0.6 is 0 Å². The molecule has 2 aromatic rings. The van der Waals surface area contributed by atoms with Crippen molar-refractivity contribution in [2.24, 2.45) is 5.92 Å². The van der Waals surface area contributed by atoms with Crippen molar-refractivity contribution in [3.05, 3.63) is 71.8 Å². The standard InChI is InChI=1S/C24H30N2O2/c1-17(2)15-21(16-22(27)19-11-7-5-8-12-19)26-23(18(3)25(4)24(26)28)20-13-9-6-10-14-20/h5-14,17-18,21,23H,15-16H2,1-4H3/t18-,21+,23-/m0/s1. The molecule has 0 radical (unpaired) electrons. The molecule has 3 atom stereocenters. The zero-order chi connectivity index (χ0) is 20.3. The van der Waals surface area contributed by atoms with Gasteiger partial charge >= 0.3 is 6.03 Å². The Morgan fingerprint density at radius 2 is 1.57 bits per heavy atom. The number of hydrogen-bond acceptors (Lipinski definition) is 2. The first kappa shape index (κ1) is 20.1. The molecule has 2 aromatic carbocycles. The highest BCUT2D eigenvalue weighted by molar-refractivity contribution is 5.96.